The van der Waals surface area contributed by atoms with Crippen LogP contribution in [0.2, 0.25) is 0 Å². The molecule has 1 aromatic rings. The Morgan fingerprint density at radius 3 is 2.54 bits per heavy atom. The van der Waals surface area contributed by atoms with Gasteiger partial charge >= 0.3 is 5.97 Å². The molecule has 3 rings (SSSR count). The third kappa shape index (κ3) is 3.23. The molecule has 0 radical (unpaired) electrons. The largest absolute Gasteiger partial charge is 0.457 e. The van der Waals surface area contributed by atoms with Crippen molar-refractivity contribution in [2.45, 2.75) is 63.5 Å². The maximum atomic E-state index is 11.9. The van der Waals surface area contributed by atoms with Crippen LogP contribution in [0.3, 0.4) is 0 Å². The van der Waals surface area contributed by atoms with Gasteiger partial charge in [0.05, 0.1) is 12.9 Å². The van der Waals surface area contributed by atoms with Gasteiger partial charge in [-0.1, -0.05) is 0 Å². The van der Waals surface area contributed by atoms with Crippen LogP contribution in [-0.4, -0.2) is 54.1 Å². The van der Waals surface area contributed by atoms with E-state index < -0.39 is 11.8 Å². The molecule has 0 saturated carbocycles. The predicted molar refractivity (Wildman–Crippen MR) is 87.7 cm³/mol. The molecule has 1 aromatic heterocycles. The number of hydrogen-bond acceptors (Lipinski definition) is 6. The third-order valence-electron chi connectivity index (χ3n) is 5.26. The van der Waals surface area contributed by atoms with Gasteiger partial charge in [0.1, 0.15) is 12.7 Å². The average Bonchev–Trinajstić information content (AvgIpc) is 3.12. The first-order valence-electron chi connectivity index (χ1n) is 8.40. The summed E-state index contributed by atoms with van der Waals surface area (Å²) in [6.45, 7) is 9.40. The molecule has 0 aliphatic carbocycles. The van der Waals surface area contributed by atoms with Crippen LogP contribution in [-0.2, 0) is 14.2 Å². The van der Waals surface area contributed by atoms with E-state index in [0.717, 1.165) is 12.8 Å². The Morgan fingerprint density at radius 1 is 1.29 bits per heavy atom. The molecule has 3 heterocycles. The van der Waals surface area contributed by atoms with Crippen LogP contribution in [0.5, 0.6) is 0 Å². The minimum absolute atomic E-state index is 0.0402. The van der Waals surface area contributed by atoms with Crippen LogP contribution in [0.1, 0.15) is 51.1 Å². The Morgan fingerprint density at radius 2 is 1.96 bits per heavy atom. The van der Waals surface area contributed by atoms with Crippen LogP contribution < -0.4 is 0 Å². The number of carbonyl (C=O) groups is 1. The number of piperidine rings is 1. The summed E-state index contributed by atoms with van der Waals surface area (Å²) in [4.78, 5) is 14.2. The van der Waals surface area contributed by atoms with Crippen molar-refractivity contribution in [3.8, 4) is 0 Å². The first-order chi connectivity index (χ1) is 11.1. The lowest BCUT2D eigenvalue weighted by atomic mass is 9.76. The lowest BCUT2D eigenvalue weighted by molar-refractivity contribution is -0.243. The molecule has 6 heteroatoms. The maximum Gasteiger partial charge on any atom is 0.374 e. The summed E-state index contributed by atoms with van der Waals surface area (Å²) in [5, 5.41) is 0. The zero-order valence-electron chi connectivity index (χ0n) is 15.1. The van der Waals surface area contributed by atoms with Crippen molar-refractivity contribution in [2.24, 2.45) is 0 Å². The molecule has 0 bridgehead atoms. The first kappa shape index (κ1) is 17.5. The second kappa shape index (κ2) is 5.86. The molecule has 0 amide bonds. The van der Waals surface area contributed by atoms with Gasteiger partial charge in [0, 0.05) is 23.9 Å². The summed E-state index contributed by atoms with van der Waals surface area (Å²) in [5.41, 5.74) is -0.0804. The minimum Gasteiger partial charge on any atom is -0.457 e. The fourth-order valence-corrected chi connectivity index (χ4v) is 3.96. The maximum absolute atomic E-state index is 11.9. The van der Waals surface area contributed by atoms with E-state index in [1.54, 1.807) is 12.1 Å². The predicted octanol–water partition coefficient (Wildman–Crippen LogP) is 2.83. The van der Waals surface area contributed by atoms with E-state index in [-0.39, 0.29) is 29.5 Å². The Hall–Kier alpha value is -1.37. The van der Waals surface area contributed by atoms with E-state index in [4.69, 9.17) is 18.6 Å². The molecule has 2 fully saturated rings. The van der Waals surface area contributed by atoms with E-state index in [1.807, 2.05) is 0 Å². The number of hydrogen-bond donors (Lipinski definition) is 0. The third-order valence-corrected chi connectivity index (χ3v) is 5.26. The molecule has 2 saturated heterocycles. The monoisotopic (exact) mass is 337 g/mol. The minimum atomic E-state index is -0.610. The Balaban J connectivity index is 1.61. The smallest absolute Gasteiger partial charge is 0.374 e. The first-order valence-corrected chi connectivity index (χ1v) is 8.40. The van der Waals surface area contributed by atoms with Gasteiger partial charge in [0.25, 0.3) is 0 Å². The second-order valence-corrected chi connectivity index (χ2v) is 8.07. The van der Waals surface area contributed by atoms with Gasteiger partial charge in [-0.2, -0.15) is 0 Å². The molecule has 24 heavy (non-hydrogen) atoms. The average molecular weight is 337 g/mol. The van der Waals surface area contributed by atoms with Crippen molar-refractivity contribution >= 4 is 5.97 Å². The lowest BCUT2D eigenvalue weighted by Crippen LogP contribution is -2.64. The summed E-state index contributed by atoms with van der Waals surface area (Å²) < 4.78 is 22.6. The van der Waals surface area contributed by atoms with E-state index in [2.05, 4.69) is 39.6 Å². The molecular formula is C18H27NO5. The SMILES string of the molecule is CN1C(C)(C)CC2(CC1(C)C)OCC(COC(=O)c1ccco1)O2. The fraction of sp³-hybridized carbons (Fsp3) is 0.722. The molecule has 2 aliphatic rings. The van der Waals surface area contributed by atoms with Gasteiger partial charge in [-0.3, -0.25) is 4.90 Å². The normalized spacial score (nSPS) is 28.1. The standard InChI is InChI=1S/C18H27NO5/c1-16(2)11-18(12-17(3,4)19(16)5)23-10-13(24-18)9-22-15(20)14-7-6-8-21-14/h6-8,13H,9-12H2,1-5H3. The highest BCUT2D eigenvalue weighted by atomic mass is 16.8. The second-order valence-electron chi connectivity index (χ2n) is 8.07. The van der Waals surface area contributed by atoms with Gasteiger partial charge in [0.15, 0.2) is 5.79 Å². The fourth-order valence-electron chi connectivity index (χ4n) is 3.96. The van der Waals surface area contributed by atoms with Crippen LogP contribution >= 0.6 is 0 Å². The summed E-state index contributed by atoms with van der Waals surface area (Å²) in [6.07, 6.45) is 2.76. The summed E-state index contributed by atoms with van der Waals surface area (Å²) in [7, 11) is 2.14. The highest BCUT2D eigenvalue weighted by Crippen LogP contribution is 2.47. The van der Waals surface area contributed by atoms with Crippen molar-refractivity contribution in [1.29, 1.82) is 0 Å². The van der Waals surface area contributed by atoms with Gasteiger partial charge < -0.3 is 18.6 Å². The van der Waals surface area contributed by atoms with Crippen molar-refractivity contribution < 1.29 is 23.4 Å². The van der Waals surface area contributed by atoms with Gasteiger partial charge in [0.2, 0.25) is 5.76 Å². The van der Waals surface area contributed by atoms with Crippen LogP contribution in [0.25, 0.3) is 0 Å². The van der Waals surface area contributed by atoms with Crippen molar-refractivity contribution in [1.82, 2.24) is 4.90 Å². The molecule has 1 atom stereocenters. The highest BCUT2D eigenvalue weighted by molar-refractivity contribution is 5.86. The molecular weight excluding hydrogens is 310 g/mol. The number of carbonyl (C=O) groups excluding carboxylic acids is 1. The number of nitrogens with zero attached hydrogens (tertiary/aromatic N) is 1. The van der Waals surface area contributed by atoms with Crippen molar-refractivity contribution in [2.75, 3.05) is 20.3 Å². The molecule has 2 aliphatic heterocycles. The van der Waals surface area contributed by atoms with Crippen LogP contribution in [0, 0.1) is 0 Å². The quantitative estimate of drug-likeness (QED) is 0.791. The summed E-state index contributed by atoms with van der Waals surface area (Å²) >= 11 is 0. The zero-order chi connectivity index (χ0) is 17.6. The molecule has 0 aromatic carbocycles. The Bertz CT molecular complexity index is 575. The molecule has 6 nitrogen and oxygen atoms in total. The zero-order valence-corrected chi connectivity index (χ0v) is 15.1. The summed E-state index contributed by atoms with van der Waals surface area (Å²) in [5.74, 6) is -0.889. The van der Waals surface area contributed by atoms with Crippen LogP contribution in [0.4, 0.5) is 0 Å². The highest BCUT2D eigenvalue weighted by Gasteiger charge is 2.55. The van der Waals surface area contributed by atoms with Gasteiger partial charge in [-0.25, -0.2) is 4.79 Å². The number of rotatable bonds is 3. The van der Waals surface area contributed by atoms with Crippen LogP contribution in [0.15, 0.2) is 22.8 Å². The number of esters is 1. The van der Waals surface area contributed by atoms with E-state index in [9.17, 15) is 4.79 Å². The van der Waals surface area contributed by atoms with Crippen molar-refractivity contribution in [3.63, 3.8) is 0 Å². The molecule has 1 spiro atoms. The molecule has 134 valence electrons. The number of ether oxygens (including phenoxy) is 3. The number of furan rings is 1. The molecule has 1 unspecified atom stereocenters. The van der Waals surface area contributed by atoms with Gasteiger partial charge in [-0.05, 0) is 46.9 Å². The Labute approximate surface area is 143 Å². The lowest BCUT2D eigenvalue weighted by Gasteiger charge is -2.56. The molecule has 0 N–H and O–H groups in total. The number of likely N-dealkylation sites (tertiary alicyclic amines) is 1. The van der Waals surface area contributed by atoms with Gasteiger partial charge in [-0.15, -0.1) is 0 Å². The topological polar surface area (TPSA) is 61.1 Å². The Kier molecular flexibility index (Phi) is 4.26. The van der Waals surface area contributed by atoms with E-state index >= 15 is 0 Å². The van der Waals surface area contributed by atoms with E-state index in [0.29, 0.717) is 6.61 Å². The van der Waals surface area contributed by atoms with Crippen molar-refractivity contribution in [3.05, 3.63) is 24.2 Å². The summed E-state index contributed by atoms with van der Waals surface area (Å²) in [6, 6.07) is 3.24. The van der Waals surface area contributed by atoms with E-state index in [1.165, 1.54) is 6.26 Å².